The molecule has 0 spiro atoms. The van der Waals surface area contributed by atoms with Gasteiger partial charge in [0.25, 0.3) is 0 Å². The number of ether oxygens (including phenoxy) is 1. The van der Waals surface area contributed by atoms with Gasteiger partial charge in [0.2, 0.25) is 0 Å². The molecule has 0 radical (unpaired) electrons. The fourth-order valence-corrected chi connectivity index (χ4v) is 2.29. The fourth-order valence-electron chi connectivity index (χ4n) is 2.29. The van der Waals surface area contributed by atoms with Crippen molar-refractivity contribution < 1.29 is 4.74 Å². The monoisotopic (exact) mass is 291 g/mol. The zero-order valence-corrected chi connectivity index (χ0v) is 12.9. The third-order valence-corrected chi connectivity index (χ3v) is 3.27. The van der Waals surface area contributed by atoms with Gasteiger partial charge in [0.1, 0.15) is 5.82 Å². The summed E-state index contributed by atoms with van der Waals surface area (Å²) in [5.74, 6) is 1.87. The summed E-state index contributed by atoms with van der Waals surface area (Å²) in [5.41, 5.74) is 1.15. The van der Waals surface area contributed by atoms with E-state index in [1.54, 1.807) is 0 Å². The lowest BCUT2D eigenvalue weighted by Gasteiger charge is -2.29. The normalized spacial score (nSPS) is 14.7. The molecule has 1 aliphatic rings. The quantitative estimate of drug-likeness (QED) is 0.626. The number of aliphatic imine (C=N–C) groups is 1. The van der Waals surface area contributed by atoms with Crippen LogP contribution < -0.4 is 15.5 Å². The van der Waals surface area contributed by atoms with Crippen molar-refractivity contribution in [2.24, 2.45) is 4.99 Å². The van der Waals surface area contributed by atoms with Crippen LogP contribution in [0.2, 0.25) is 0 Å². The van der Waals surface area contributed by atoms with Crippen molar-refractivity contribution in [1.82, 2.24) is 15.6 Å². The molecule has 0 amide bonds. The number of hydrogen-bond donors (Lipinski definition) is 2. The number of aromatic nitrogens is 1. The van der Waals surface area contributed by atoms with E-state index in [1.807, 2.05) is 12.3 Å². The number of nitrogens with one attached hydrogen (secondary N) is 2. The lowest BCUT2D eigenvalue weighted by Crippen LogP contribution is -2.38. The van der Waals surface area contributed by atoms with Gasteiger partial charge in [-0.3, -0.25) is 0 Å². The summed E-state index contributed by atoms with van der Waals surface area (Å²) in [6.45, 7) is 9.77. The molecule has 1 aromatic heterocycles. The van der Waals surface area contributed by atoms with E-state index < -0.39 is 0 Å². The van der Waals surface area contributed by atoms with Crippen molar-refractivity contribution in [3.05, 3.63) is 23.9 Å². The third kappa shape index (κ3) is 4.60. The van der Waals surface area contributed by atoms with E-state index >= 15 is 0 Å². The van der Waals surface area contributed by atoms with Gasteiger partial charge in [0.05, 0.1) is 19.8 Å². The van der Waals surface area contributed by atoms with Gasteiger partial charge in [-0.1, -0.05) is 6.07 Å². The summed E-state index contributed by atoms with van der Waals surface area (Å²) in [5, 5.41) is 6.48. The van der Waals surface area contributed by atoms with Gasteiger partial charge in [-0.15, -0.1) is 0 Å². The minimum Gasteiger partial charge on any atom is -0.378 e. The van der Waals surface area contributed by atoms with Crippen molar-refractivity contribution in [1.29, 1.82) is 0 Å². The van der Waals surface area contributed by atoms with Crippen molar-refractivity contribution in [3.8, 4) is 0 Å². The smallest absolute Gasteiger partial charge is 0.191 e. The highest BCUT2D eigenvalue weighted by Gasteiger charge is 2.15. The lowest BCUT2D eigenvalue weighted by molar-refractivity contribution is 0.122. The predicted molar refractivity (Wildman–Crippen MR) is 85.8 cm³/mol. The minimum absolute atomic E-state index is 0.621. The maximum Gasteiger partial charge on any atom is 0.191 e. The first-order chi connectivity index (χ1) is 10.3. The van der Waals surface area contributed by atoms with E-state index in [0.717, 1.165) is 56.7 Å². The van der Waals surface area contributed by atoms with Gasteiger partial charge >= 0.3 is 0 Å². The second-order valence-electron chi connectivity index (χ2n) is 4.81. The van der Waals surface area contributed by atoms with E-state index in [-0.39, 0.29) is 0 Å². The number of guanidine groups is 1. The van der Waals surface area contributed by atoms with Gasteiger partial charge < -0.3 is 20.3 Å². The maximum absolute atomic E-state index is 5.41. The Kier molecular flexibility index (Phi) is 6.27. The Bertz CT molecular complexity index is 449. The van der Waals surface area contributed by atoms with Crippen molar-refractivity contribution >= 4 is 11.8 Å². The molecule has 1 fully saturated rings. The first kappa shape index (κ1) is 15.6. The van der Waals surface area contributed by atoms with Crippen LogP contribution in [-0.2, 0) is 11.3 Å². The summed E-state index contributed by atoms with van der Waals surface area (Å²) in [6, 6.07) is 4.06. The lowest BCUT2D eigenvalue weighted by atomic mass is 10.2. The van der Waals surface area contributed by atoms with Crippen LogP contribution in [0.15, 0.2) is 23.3 Å². The molecule has 1 saturated heterocycles. The highest BCUT2D eigenvalue weighted by atomic mass is 16.5. The highest BCUT2D eigenvalue weighted by molar-refractivity contribution is 5.79. The van der Waals surface area contributed by atoms with Crippen LogP contribution in [0.1, 0.15) is 19.4 Å². The zero-order valence-electron chi connectivity index (χ0n) is 12.9. The Hall–Kier alpha value is -1.82. The van der Waals surface area contributed by atoms with Crippen LogP contribution in [0.5, 0.6) is 0 Å². The van der Waals surface area contributed by atoms with E-state index in [0.29, 0.717) is 6.54 Å². The second kappa shape index (κ2) is 8.46. The molecule has 0 unspecified atom stereocenters. The topological polar surface area (TPSA) is 61.8 Å². The first-order valence-corrected chi connectivity index (χ1v) is 7.64. The molecule has 1 aliphatic heterocycles. The third-order valence-electron chi connectivity index (χ3n) is 3.27. The molecule has 0 aromatic carbocycles. The maximum atomic E-state index is 5.41. The molecular formula is C15H25N5O. The molecule has 6 nitrogen and oxygen atoms in total. The summed E-state index contributed by atoms with van der Waals surface area (Å²) in [6.07, 6.45) is 1.84. The van der Waals surface area contributed by atoms with Gasteiger partial charge in [-0.25, -0.2) is 9.98 Å². The summed E-state index contributed by atoms with van der Waals surface area (Å²) in [4.78, 5) is 11.4. The Morgan fingerprint density at radius 2 is 2.00 bits per heavy atom. The zero-order chi connectivity index (χ0) is 14.9. The number of pyridine rings is 1. The molecule has 0 aliphatic carbocycles. The molecule has 2 N–H and O–H groups in total. The van der Waals surface area contributed by atoms with Gasteiger partial charge in [-0.2, -0.15) is 0 Å². The van der Waals surface area contributed by atoms with Crippen LogP contribution in [0.25, 0.3) is 0 Å². The second-order valence-corrected chi connectivity index (χ2v) is 4.81. The van der Waals surface area contributed by atoms with E-state index in [2.05, 4.69) is 45.4 Å². The van der Waals surface area contributed by atoms with E-state index in [4.69, 9.17) is 4.74 Å². The Morgan fingerprint density at radius 1 is 1.29 bits per heavy atom. The van der Waals surface area contributed by atoms with Gasteiger partial charge in [0.15, 0.2) is 5.96 Å². The summed E-state index contributed by atoms with van der Waals surface area (Å²) >= 11 is 0. The predicted octanol–water partition coefficient (Wildman–Crippen LogP) is 0.993. The van der Waals surface area contributed by atoms with Crippen LogP contribution in [0, 0.1) is 0 Å². The average Bonchev–Trinajstić information content (AvgIpc) is 2.54. The number of rotatable bonds is 5. The molecule has 0 saturated carbocycles. The van der Waals surface area contributed by atoms with Gasteiger partial charge in [0, 0.05) is 37.9 Å². The molecule has 21 heavy (non-hydrogen) atoms. The molecule has 2 rings (SSSR count). The molecular weight excluding hydrogens is 266 g/mol. The molecule has 0 atom stereocenters. The average molecular weight is 291 g/mol. The Balaban J connectivity index is 2.09. The number of morpholine rings is 1. The SMILES string of the molecule is CCNC(=NCc1cccnc1N1CCOCC1)NCC. The van der Waals surface area contributed by atoms with Crippen LogP contribution in [0.4, 0.5) is 5.82 Å². The van der Waals surface area contributed by atoms with E-state index in [1.165, 1.54) is 0 Å². The van der Waals surface area contributed by atoms with Gasteiger partial charge in [-0.05, 0) is 19.9 Å². The molecule has 1 aromatic rings. The fraction of sp³-hybridized carbons (Fsp3) is 0.600. The largest absolute Gasteiger partial charge is 0.378 e. The summed E-state index contributed by atoms with van der Waals surface area (Å²) in [7, 11) is 0. The molecule has 0 bridgehead atoms. The number of nitrogens with zero attached hydrogens (tertiary/aromatic N) is 3. The Labute approximate surface area is 126 Å². The van der Waals surface area contributed by atoms with Crippen LogP contribution >= 0.6 is 0 Å². The van der Waals surface area contributed by atoms with E-state index in [9.17, 15) is 0 Å². The molecule has 116 valence electrons. The minimum atomic E-state index is 0.621. The van der Waals surface area contributed by atoms with Crippen LogP contribution in [-0.4, -0.2) is 50.3 Å². The van der Waals surface area contributed by atoms with Crippen molar-refractivity contribution in [2.75, 3.05) is 44.3 Å². The highest BCUT2D eigenvalue weighted by Crippen LogP contribution is 2.19. The summed E-state index contributed by atoms with van der Waals surface area (Å²) < 4.78 is 5.41. The number of hydrogen-bond acceptors (Lipinski definition) is 4. The first-order valence-electron chi connectivity index (χ1n) is 7.64. The van der Waals surface area contributed by atoms with Crippen molar-refractivity contribution in [2.45, 2.75) is 20.4 Å². The van der Waals surface area contributed by atoms with Crippen molar-refractivity contribution in [3.63, 3.8) is 0 Å². The number of anilines is 1. The standard InChI is InChI=1S/C15H25N5O/c1-3-16-15(17-4-2)19-12-13-6-5-7-18-14(13)20-8-10-21-11-9-20/h5-7H,3-4,8-12H2,1-2H3,(H2,16,17,19). The molecule has 2 heterocycles. The molecule has 6 heteroatoms. The Morgan fingerprint density at radius 3 is 2.67 bits per heavy atom. The van der Waals surface area contributed by atoms with Crippen LogP contribution in [0.3, 0.4) is 0 Å².